The van der Waals surface area contributed by atoms with Gasteiger partial charge >= 0.3 is 0 Å². The molecule has 0 aromatic heterocycles. The molecule has 2 aliphatic heterocycles. The van der Waals surface area contributed by atoms with E-state index < -0.39 is 6.04 Å². The summed E-state index contributed by atoms with van der Waals surface area (Å²) in [6.07, 6.45) is 0. The Morgan fingerprint density at radius 1 is 1.04 bits per heavy atom. The van der Waals surface area contributed by atoms with Crippen LogP contribution in [0.1, 0.15) is 17.9 Å². The van der Waals surface area contributed by atoms with Crippen molar-refractivity contribution in [2.75, 3.05) is 24.9 Å². The number of carbonyl (C=O) groups is 2. The minimum absolute atomic E-state index is 0.000621. The molecule has 0 aliphatic carbocycles. The van der Waals surface area contributed by atoms with Crippen LogP contribution < -0.4 is 9.75 Å². The van der Waals surface area contributed by atoms with Gasteiger partial charge in [0.15, 0.2) is 0 Å². The molecule has 0 radical (unpaired) electrons. The zero-order chi connectivity index (χ0) is 19.8. The van der Waals surface area contributed by atoms with Crippen LogP contribution in [-0.2, 0) is 9.59 Å². The van der Waals surface area contributed by atoms with Gasteiger partial charge in [-0.3, -0.25) is 9.59 Å². The van der Waals surface area contributed by atoms with Crippen molar-refractivity contribution in [2.45, 2.75) is 24.4 Å². The SMILES string of the molecule is COc1ccc(C2SCC(=O)N2C2C(=O)N(c3ccccc3)N(C)C2C)cc1. The molecule has 2 heterocycles. The van der Waals surface area contributed by atoms with Gasteiger partial charge in [0.1, 0.15) is 17.2 Å². The molecule has 0 saturated carbocycles. The first-order valence-electron chi connectivity index (χ1n) is 9.21. The Labute approximate surface area is 169 Å². The van der Waals surface area contributed by atoms with Crippen LogP contribution in [0.4, 0.5) is 5.69 Å². The molecular weight excluding hydrogens is 374 g/mol. The summed E-state index contributed by atoms with van der Waals surface area (Å²) in [6.45, 7) is 1.99. The number of hydrazine groups is 1. The lowest BCUT2D eigenvalue weighted by molar-refractivity contribution is -0.136. The van der Waals surface area contributed by atoms with Gasteiger partial charge in [0, 0.05) is 7.05 Å². The molecule has 3 atom stereocenters. The van der Waals surface area contributed by atoms with Gasteiger partial charge in [-0.1, -0.05) is 30.3 Å². The minimum atomic E-state index is -0.528. The van der Waals surface area contributed by atoms with Gasteiger partial charge in [-0.05, 0) is 36.8 Å². The van der Waals surface area contributed by atoms with Gasteiger partial charge < -0.3 is 9.64 Å². The van der Waals surface area contributed by atoms with Crippen LogP contribution in [0.25, 0.3) is 0 Å². The van der Waals surface area contributed by atoms with E-state index in [1.54, 1.807) is 28.8 Å². The number of carbonyl (C=O) groups excluding carboxylic acids is 2. The predicted molar refractivity (Wildman–Crippen MR) is 110 cm³/mol. The summed E-state index contributed by atoms with van der Waals surface area (Å²) < 4.78 is 5.24. The monoisotopic (exact) mass is 397 g/mol. The maximum Gasteiger partial charge on any atom is 0.266 e. The van der Waals surface area contributed by atoms with Gasteiger partial charge in [0.25, 0.3) is 5.91 Å². The smallest absolute Gasteiger partial charge is 0.266 e. The van der Waals surface area contributed by atoms with Gasteiger partial charge in [-0.2, -0.15) is 0 Å². The van der Waals surface area contributed by atoms with E-state index in [4.69, 9.17) is 4.74 Å². The number of hydrogen-bond donors (Lipinski definition) is 0. The van der Waals surface area contributed by atoms with Crippen LogP contribution in [0, 0.1) is 0 Å². The molecule has 2 aromatic carbocycles. The summed E-state index contributed by atoms with van der Waals surface area (Å²) >= 11 is 1.56. The van der Waals surface area contributed by atoms with Crippen molar-refractivity contribution >= 4 is 29.3 Å². The quantitative estimate of drug-likeness (QED) is 0.794. The summed E-state index contributed by atoms with van der Waals surface area (Å²) in [5, 5.41) is 3.42. The van der Waals surface area contributed by atoms with Crippen molar-refractivity contribution < 1.29 is 14.3 Å². The molecule has 2 aromatic rings. The maximum absolute atomic E-state index is 13.4. The van der Waals surface area contributed by atoms with Crippen molar-refractivity contribution in [1.29, 1.82) is 0 Å². The van der Waals surface area contributed by atoms with Crippen molar-refractivity contribution in [3.8, 4) is 5.75 Å². The fraction of sp³-hybridized carbons (Fsp3) is 0.333. The molecule has 2 aliphatic rings. The number of amides is 2. The van der Waals surface area contributed by atoms with Gasteiger partial charge in [-0.15, -0.1) is 11.8 Å². The molecule has 7 heteroatoms. The third kappa shape index (κ3) is 3.04. The molecule has 4 rings (SSSR count). The lowest BCUT2D eigenvalue weighted by Gasteiger charge is -2.31. The van der Waals surface area contributed by atoms with Crippen LogP contribution >= 0.6 is 11.8 Å². The van der Waals surface area contributed by atoms with Crippen molar-refractivity contribution in [3.63, 3.8) is 0 Å². The minimum Gasteiger partial charge on any atom is -0.497 e. The number of anilines is 1. The summed E-state index contributed by atoms with van der Waals surface area (Å²) in [6, 6.07) is 16.6. The molecule has 146 valence electrons. The van der Waals surface area contributed by atoms with E-state index in [0.717, 1.165) is 17.0 Å². The molecule has 3 unspecified atom stereocenters. The maximum atomic E-state index is 13.4. The van der Waals surface area contributed by atoms with Gasteiger partial charge in [-0.25, -0.2) is 10.0 Å². The summed E-state index contributed by atoms with van der Waals surface area (Å²) in [4.78, 5) is 28.0. The number of nitrogens with zero attached hydrogens (tertiary/aromatic N) is 3. The molecule has 2 saturated heterocycles. The number of rotatable bonds is 4. The van der Waals surface area contributed by atoms with E-state index in [1.165, 1.54) is 0 Å². The molecule has 0 N–H and O–H groups in total. The predicted octanol–water partition coefficient (Wildman–Crippen LogP) is 2.92. The first-order chi connectivity index (χ1) is 13.5. The third-order valence-corrected chi connectivity index (χ3v) is 6.66. The third-order valence-electron chi connectivity index (χ3n) is 5.43. The molecule has 6 nitrogen and oxygen atoms in total. The van der Waals surface area contributed by atoms with Crippen LogP contribution in [0.2, 0.25) is 0 Å². The van der Waals surface area contributed by atoms with Crippen molar-refractivity contribution in [3.05, 3.63) is 60.2 Å². The summed E-state index contributed by atoms with van der Waals surface area (Å²) in [7, 11) is 3.52. The van der Waals surface area contributed by atoms with Crippen LogP contribution in [-0.4, -0.2) is 53.7 Å². The molecule has 28 heavy (non-hydrogen) atoms. The topological polar surface area (TPSA) is 53.1 Å². The highest BCUT2D eigenvalue weighted by atomic mass is 32.2. The Balaban J connectivity index is 1.67. The average molecular weight is 398 g/mol. The second kappa shape index (κ2) is 7.48. The molecule has 2 amide bonds. The second-order valence-corrected chi connectivity index (χ2v) is 8.05. The highest BCUT2D eigenvalue weighted by Gasteiger charge is 2.51. The van der Waals surface area contributed by atoms with Crippen molar-refractivity contribution in [1.82, 2.24) is 9.91 Å². The van der Waals surface area contributed by atoms with E-state index in [0.29, 0.717) is 5.75 Å². The first kappa shape index (κ1) is 18.8. The van der Waals surface area contributed by atoms with Crippen LogP contribution in [0.3, 0.4) is 0 Å². The van der Waals surface area contributed by atoms with Crippen molar-refractivity contribution in [2.24, 2.45) is 0 Å². The highest BCUT2D eigenvalue weighted by molar-refractivity contribution is 8.00. The van der Waals surface area contributed by atoms with Gasteiger partial charge in [0.2, 0.25) is 5.91 Å². The van der Waals surface area contributed by atoms with E-state index in [2.05, 4.69) is 0 Å². The van der Waals surface area contributed by atoms with E-state index in [1.807, 2.05) is 73.6 Å². The molecule has 0 spiro atoms. The molecular formula is C21H23N3O3S. The second-order valence-electron chi connectivity index (χ2n) is 6.98. The number of likely N-dealkylation sites (N-methyl/N-ethyl adjacent to an activating group) is 1. The van der Waals surface area contributed by atoms with E-state index >= 15 is 0 Å². The molecule has 2 fully saturated rings. The lowest BCUT2D eigenvalue weighted by atomic mass is 10.1. The Hall–Kier alpha value is -2.51. The number of methoxy groups -OCH3 is 1. The fourth-order valence-electron chi connectivity index (χ4n) is 3.87. The average Bonchev–Trinajstić information content (AvgIpc) is 3.19. The number of hydrogen-bond acceptors (Lipinski definition) is 5. The number of benzene rings is 2. The largest absolute Gasteiger partial charge is 0.497 e. The summed E-state index contributed by atoms with van der Waals surface area (Å²) in [5.74, 6) is 1.07. The zero-order valence-electron chi connectivity index (χ0n) is 16.1. The highest BCUT2D eigenvalue weighted by Crippen LogP contribution is 2.43. The fourth-order valence-corrected chi connectivity index (χ4v) is 5.07. The normalized spacial score (nSPS) is 25.6. The summed E-state index contributed by atoms with van der Waals surface area (Å²) in [5.41, 5.74) is 1.81. The van der Waals surface area contributed by atoms with E-state index in [-0.39, 0.29) is 23.2 Å². The number of thioether (sulfide) groups is 1. The van der Waals surface area contributed by atoms with E-state index in [9.17, 15) is 9.59 Å². The standard InChI is InChI=1S/C21H23N3O3S/c1-14-19(20(26)24(22(14)2)16-7-5-4-6-8-16)23-18(25)13-28-21(23)15-9-11-17(27-3)12-10-15/h4-12,14,19,21H,13H2,1-3H3. The Kier molecular flexibility index (Phi) is 5.03. The van der Waals surface area contributed by atoms with Crippen LogP contribution in [0.15, 0.2) is 54.6 Å². The Morgan fingerprint density at radius 3 is 2.36 bits per heavy atom. The Morgan fingerprint density at radius 2 is 1.71 bits per heavy atom. The zero-order valence-corrected chi connectivity index (χ0v) is 16.9. The first-order valence-corrected chi connectivity index (χ1v) is 10.3. The number of para-hydroxylation sites is 1. The van der Waals surface area contributed by atoms with Gasteiger partial charge in [0.05, 0.1) is 24.6 Å². The Bertz CT molecular complexity index is 874. The number of ether oxygens (including phenoxy) is 1. The molecule has 0 bridgehead atoms. The lowest BCUT2D eigenvalue weighted by Crippen LogP contribution is -2.47. The van der Waals surface area contributed by atoms with Crippen LogP contribution in [0.5, 0.6) is 5.75 Å².